The number of halogens is 4. The zero-order chi connectivity index (χ0) is 19.3. The SMILES string of the molecule is O=C(Cc1cccc(C(F)(F)F)c1)N[C@H](Cc1cccc(I)c1)C(=O)O. The van der Waals surface area contributed by atoms with E-state index in [1.54, 1.807) is 18.2 Å². The maximum Gasteiger partial charge on any atom is 0.416 e. The molecule has 2 rings (SSSR count). The van der Waals surface area contributed by atoms with E-state index in [1.807, 2.05) is 6.07 Å². The van der Waals surface area contributed by atoms with Gasteiger partial charge < -0.3 is 10.4 Å². The van der Waals surface area contributed by atoms with Gasteiger partial charge in [-0.1, -0.05) is 30.3 Å². The van der Waals surface area contributed by atoms with Crippen molar-refractivity contribution in [3.05, 3.63) is 68.8 Å². The normalized spacial score (nSPS) is 12.5. The highest BCUT2D eigenvalue weighted by molar-refractivity contribution is 14.1. The monoisotopic (exact) mass is 477 g/mol. The summed E-state index contributed by atoms with van der Waals surface area (Å²) in [7, 11) is 0. The quantitative estimate of drug-likeness (QED) is 0.625. The second kappa shape index (κ2) is 8.52. The Morgan fingerprint density at radius 2 is 1.73 bits per heavy atom. The summed E-state index contributed by atoms with van der Waals surface area (Å²) in [5, 5.41) is 11.7. The minimum atomic E-state index is -4.50. The Morgan fingerprint density at radius 3 is 2.35 bits per heavy atom. The fourth-order valence-electron chi connectivity index (χ4n) is 2.39. The average molecular weight is 477 g/mol. The maximum atomic E-state index is 12.7. The number of amides is 1. The average Bonchev–Trinajstić information content (AvgIpc) is 2.53. The number of aliphatic carboxylic acids is 1. The van der Waals surface area contributed by atoms with Crippen LogP contribution >= 0.6 is 22.6 Å². The highest BCUT2D eigenvalue weighted by atomic mass is 127. The minimum absolute atomic E-state index is 0.0838. The number of hydrogen-bond donors (Lipinski definition) is 2. The van der Waals surface area contributed by atoms with E-state index in [1.165, 1.54) is 12.1 Å². The van der Waals surface area contributed by atoms with Gasteiger partial charge in [0.25, 0.3) is 0 Å². The van der Waals surface area contributed by atoms with Crippen LogP contribution < -0.4 is 5.32 Å². The molecule has 0 aliphatic carbocycles. The lowest BCUT2D eigenvalue weighted by molar-refractivity contribution is -0.141. The highest BCUT2D eigenvalue weighted by Gasteiger charge is 2.30. The highest BCUT2D eigenvalue weighted by Crippen LogP contribution is 2.29. The van der Waals surface area contributed by atoms with Crippen molar-refractivity contribution in [2.24, 2.45) is 0 Å². The molecule has 0 radical (unpaired) electrons. The van der Waals surface area contributed by atoms with Gasteiger partial charge in [0.1, 0.15) is 6.04 Å². The van der Waals surface area contributed by atoms with Crippen molar-refractivity contribution in [2.75, 3.05) is 0 Å². The van der Waals surface area contributed by atoms with Gasteiger partial charge in [-0.3, -0.25) is 4.79 Å². The molecule has 2 aromatic carbocycles. The van der Waals surface area contributed by atoms with Gasteiger partial charge in [-0.05, 0) is 51.9 Å². The van der Waals surface area contributed by atoms with Crippen molar-refractivity contribution in [3.8, 4) is 0 Å². The van der Waals surface area contributed by atoms with Crippen LogP contribution in [0, 0.1) is 3.57 Å². The van der Waals surface area contributed by atoms with Gasteiger partial charge >= 0.3 is 12.1 Å². The largest absolute Gasteiger partial charge is 0.480 e. The number of rotatable bonds is 6. The maximum absolute atomic E-state index is 12.7. The number of hydrogen-bond acceptors (Lipinski definition) is 2. The van der Waals surface area contributed by atoms with Crippen molar-refractivity contribution >= 4 is 34.5 Å². The zero-order valence-corrected chi connectivity index (χ0v) is 15.5. The van der Waals surface area contributed by atoms with E-state index < -0.39 is 29.7 Å². The first-order valence-electron chi connectivity index (χ1n) is 7.58. The van der Waals surface area contributed by atoms with Crippen LogP contribution in [-0.4, -0.2) is 23.0 Å². The summed E-state index contributed by atoms with van der Waals surface area (Å²) in [6.45, 7) is 0. The second-order valence-electron chi connectivity index (χ2n) is 5.67. The number of alkyl halides is 3. The molecule has 138 valence electrons. The molecule has 4 nitrogen and oxygen atoms in total. The standard InChI is InChI=1S/C18H15F3INO3/c19-18(20,21)13-5-1-3-11(7-13)10-16(24)23-15(17(25)26)9-12-4-2-6-14(22)8-12/h1-8,15H,9-10H2,(H,23,24)(H,25,26)/t15-/m1/s1. The molecule has 0 unspecified atom stereocenters. The Morgan fingerprint density at radius 1 is 1.08 bits per heavy atom. The third-order valence-electron chi connectivity index (χ3n) is 3.58. The van der Waals surface area contributed by atoms with Crippen LogP contribution in [0.3, 0.4) is 0 Å². The molecule has 0 saturated carbocycles. The van der Waals surface area contributed by atoms with Crippen molar-refractivity contribution in [1.82, 2.24) is 5.32 Å². The number of carbonyl (C=O) groups is 2. The number of carboxylic acids is 1. The molecule has 8 heteroatoms. The van der Waals surface area contributed by atoms with Gasteiger partial charge in [0.15, 0.2) is 0 Å². The summed E-state index contributed by atoms with van der Waals surface area (Å²) >= 11 is 2.09. The van der Waals surface area contributed by atoms with Crippen molar-refractivity contribution in [3.63, 3.8) is 0 Å². The number of carboxylic acid groups (broad SMARTS) is 1. The van der Waals surface area contributed by atoms with Crippen molar-refractivity contribution < 1.29 is 27.9 Å². The van der Waals surface area contributed by atoms with Gasteiger partial charge in [-0.25, -0.2) is 4.79 Å². The first-order chi connectivity index (χ1) is 12.1. The lowest BCUT2D eigenvalue weighted by atomic mass is 10.0. The number of carbonyl (C=O) groups excluding carboxylic acids is 1. The lowest BCUT2D eigenvalue weighted by Gasteiger charge is -2.15. The van der Waals surface area contributed by atoms with Gasteiger partial charge in [-0.2, -0.15) is 13.2 Å². The summed E-state index contributed by atoms with van der Waals surface area (Å²) in [5.41, 5.74) is 0.0517. The summed E-state index contributed by atoms with van der Waals surface area (Å²) in [4.78, 5) is 23.5. The van der Waals surface area contributed by atoms with Crippen LogP contribution in [0.5, 0.6) is 0 Å². The first kappa shape index (κ1) is 20.2. The summed E-state index contributed by atoms with van der Waals surface area (Å²) < 4.78 is 39.1. The fraction of sp³-hybridized carbons (Fsp3) is 0.222. The molecule has 0 spiro atoms. The third kappa shape index (κ3) is 6.01. The third-order valence-corrected chi connectivity index (χ3v) is 4.25. The Labute approximate surface area is 161 Å². The molecule has 1 amide bonds. The molecule has 0 aromatic heterocycles. The van der Waals surface area contributed by atoms with E-state index in [0.717, 1.165) is 21.3 Å². The van der Waals surface area contributed by atoms with Crippen LogP contribution in [0.2, 0.25) is 0 Å². The molecule has 0 aliphatic rings. The van der Waals surface area contributed by atoms with E-state index in [4.69, 9.17) is 0 Å². The molecular weight excluding hydrogens is 462 g/mol. The first-order valence-corrected chi connectivity index (χ1v) is 8.66. The lowest BCUT2D eigenvalue weighted by Crippen LogP contribution is -2.43. The van der Waals surface area contributed by atoms with Crippen LogP contribution in [0.25, 0.3) is 0 Å². The van der Waals surface area contributed by atoms with Gasteiger partial charge in [0.05, 0.1) is 12.0 Å². The molecule has 1 atom stereocenters. The van der Waals surface area contributed by atoms with E-state index in [-0.39, 0.29) is 18.4 Å². The predicted molar refractivity (Wildman–Crippen MR) is 97.6 cm³/mol. The zero-order valence-electron chi connectivity index (χ0n) is 13.4. The molecule has 0 saturated heterocycles. The van der Waals surface area contributed by atoms with Crippen LogP contribution in [-0.2, 0) is 28.6 Å². The summed E-state index contributed by atoms with van der Waals surface area (Å²) in [5.74, 6) is -1.86. The fourth-order valence-corrected chi connectivity index (χ4v) is 3.00. The van der Waals surface area contributed by atoms with E-state index in [9.17, 15) is 27.9 Å². The Balaban J connectivity index is 2.05. The number of benzene rings is 2. The smallest absolute Gasteiger partial charge is 0.416 e. The molecular formula is C18H15F3INO3. The molecule has 2 aromatic rings. The Kier molecular flexibility index (Phi) is 6.63. The molecule has 0 aliphatic heterocycles. The molecule has 0 fully saturated rings. The van der Waals surface area contributed by atoms with E-state index in [2.05, 4.69) is 27.9 Å². The van der Waals surface area contributed by atoms with Crippen LogP contribution in [0.1, 0.15) is 16.7 Å². The molecule has 0 heterocycles. The van der Waals surface area contributed by atoms with Crippen LogP contribution in [0.15, 0.2) is 48.5 Å². The van der Waals surface area contributed by atoms with Crippen LogP contribution in [0.4, 0.5) is 13.2 Å². The second-order valence-corrected chi connectivity index (χ2v) is 6.91. The summed E-state index contributed by atoms with van der Waals surface area (Å²) in [6, 6.07) is 10.4. The van der Waals surface area contributed by atoms with Gasteiger partial charge in [-0.15, -0.1) is 0 Å². The van der Waals surface area contributed by atoms with Gasteiger partial charge in [0.2, 0.25) is 5.91 Å². The molecule has 0 bridgehead atoms. The predicted octanol–water partition coefficient (Wildman–Crippen LogP) is 3.66. The topological polar surface area (TPSA) is 66.4 Å². The minimum Gasteiger partial charge on any atom is -0.480 e. The van der Waals surface area contributed by atoms with E-state index in [0.29, 0.717) is 0 Å². The number of nitrogens with one attached hydrogen (secondary N) is 1. The Bertz CT molecular complexity index is 808. The van der Waals surface area contributed by atoms with Crippen molar-refractivity contribution in [2.45, 2.75) is 25.1 Å². The van der Waals surface area contributed by atoms with E-state index >= 15 is 0 Å². The summed E-state index contributed by atoms with van der Waals surface area (Å²) in [6.07, 6.45) is -4.75. The Hall–Kier alpha value is -2.10. The molecule has 26 heavy (non-hydrogen) atoms. The van der Waals surface area contributed by atoms with Crippen molar-refractivity contribution in [1.29, 1.82) is 0 Å². The van der Waals surface area contributed by atoms with Gasteiger partial charge in [0, 0.05) is 9.99 Å². The molecule has 2 N–H and O–H groups in total.